The van der Waals surface area contributed by atoms with Crippen LogP contribution in [0.4, 0.5) is 0 Å². The number of carbonyl (C=O) groups is 1. The molecule has 3 nitrogen and oxygen atoms in total. The van der Waals surface area contributed by atoms with Crippen LogP contribution in [0.3, 0.4) is 0 Å². The quantitative estimate of drug-likeness (QED) is 0.833. The van der Waals surface area contributed by atoms with E-state index in [9.17, 15) is 9.90 Å². The van der Waals surface area contributed by atoms with Gasteiger partial charge in [0.2, 0.25) is 0 Å². The van der Waals surface area contributed by atoms with Crippen LogP contribution in [0.2, 0.25) is 5.02 Å². The predicted molar refractivity (Wildman–Crippen MR) is 64.5 cm³/mol. The number of carboxylic acid groups (broad SMARTS) is 1. The molecule has 1 unspecified atom stereocenters. The van der Waals surface area contributed by atoms with Gasteiger partial charge >= 0.3 is 5.97 Å². The minimum Gasteiger partial charge on any atom is -0.480 e. The average molecular weight is 242 g/mol. The Bertz CT molecular complexity index is 364. The molecule has 0 bridgehead atoms. The minimum atomic E-state index is -1.30. The lowest BCUT2D eigenvalue weighted by Crippen LogP contribution is -2.44. The van der Waals surface area contributed by atoms with Crippen LogP contribution < -0.4 is 5.73 Å². The Kier molecular flexibility index (Phi) is 4.33. The molecule has 1 aromatic rings. The molecule has 1 aromatic carbocycles. The SMILES string of the molecule is CCCCC(N)(C(=O)O)c1ccc(Cl)cc1. The number of hydrogen-bond donors (Lipinski definition) is 2. The number of benzene rings is 1. The third kappa shape index (κ3) is 2.74. The molecule has 4 heteroatoms. The molecule has 3 N–H and O–H groups in total. The summed E-state index contributed by atoms with van der Waals surface area (Å²) in [5.41, 5.74) is 5.25. The number of halogens is 1. The molecule has 16 heavy (non-hydrogen) atoms. The van der Waals surface area contributed by atoms with E-state index in [0.29, 0.717) is 17.0 Å². The second-order valence-corrected chi connectivity index (χ2v) is 4.32. The summed E-state index contributed by atoms with van der Waals surface area (Å²) in [5.74, 6) is -0.997. The molecule has 0 saturated carbocycles. The van der Waals surface area contributed by atoms with E-state index in [1.54, 1.807) is 24.3 Å². The van der Waals surface area contributed by atoms with Crippen molar-refractivity contribution in [3.8, 4) is 0 Å². The molecule has 1 atom stereocenters. The summed E-state index contributed by atoms with van der Waals surface area (Å²) >= 11 is 5.76. The van der Waals surface area contributed by atoms with Gasteiger partial charge in [0, 0.05) is 5.02 Å². The molecular formula is C12H16ClNO2. The van der Waals surface area contributed by atoms with Gasteiger partial charge in [-0.3, -0.25) is 0 Å². The molecule has 0 radical (unpaired) electrons. The van der Waals surface area contributed by atoms with Crippen LogP contribution in [-0.2, 0) is 10.3 Å². The van der Waals surface area contributed by atoms with E-state index in [4.69, 9.17) is 17.3 Å². The third-order valence-corrected chi connectivity index (χ3v) is 2.92. The van der Waals surface area contributed by atoms with E-state index in [1.165, 1.54) is 0 Å². The topological polar surface area (TPSA) is 63.3 Å². The first-order valence-electron chi connectivity index (χ1n) is 5.29. The highest BCUT2D eigenvalue weighted by Crippen LogP contribution is 2.26. The summed E-state index contributed by atoms with van der Waals surface area (Å²) in [6, 6.07) is 6.67. The van der Waals surface area contributed by atoms with Gasteiger partial charge in [-0.15, -0.1) is 0 Å². The first-order valence-corrected chi connectivity index (χ1v) is 5.67. The number of unbranched alkanes of at least 4 members (excludes halogenated alkanes) is 1. The normalized spacial score (nSPS) is 14.4. The number of hydrogen-bond acceptors (Lipinski definition) is 2. The standard InChI is InChI=1S/C12H16ClNO2/c1-2-3-8-12(14,11(15)16)9-4-6-10(13)7-5-9/h4-7H,2-3,8,14H2,1H3,(H,15,16). The van der Waals surface area contributed by atoms with Crippen molar-refractivity contribution in [2.75, 3.05) is 0 Å². The summed E-state index contributed by atoms with van der Waals surface area (Å²) in [4.78, 5) is 11.3. The molecular weight excluding hydrogens is 226 g/mol. The zero-order valence-electron chi connectivity index (χ0n) is 9.24. The summed E-state index contributed by atoms with van der Waals surface area (Å²) in [6.45, 7) is 2.00. The predicted octanol–water partition coefficient (Wildman–Crippen LogP) is 2.77. The van der Waals surface area contributed by atoms with Gasteiger partial charge in [0.15, 0.2) is 0 Å². The van der Waals surface area contributed by atoms with Crippen molar-refractivity contribution in [1.29, 1.82) is 0 Å². The van der Waals surface area contributed by atoms with Crippen molar-refractivity contribution < 1.29 is 9.90 Å². The number of nitrogens with two attached hydrogens (primary N) is 1. The summed E-state index contributed by atoms with van der Waals surface area (Å²) < 4.78 is 0. The average Bonchev–Trinajstić information content (AvgIpc) is 2.26. The second kappa shape index (κ2) is 5.32. The fraction of sp³-hybridized carbons (Fsp3) is 0.417. The highest BCUT2D eigenvalue weighted by atomic mass is 35.5. The van der Waals surface area contributed by atoms with Gasteiger partial charge in [-0.05, 0) is 24.1 Å². The number of aliphatic carboxylic acids is 1. The Morgan fingerprint density at radius 1 is 1.44 bits per heavy atom. The van der Waals surface area contributed by atoms with Gasteiger partial charge in [-0.1, -0.05) is 43.5 Å². The maximum absolute atomic E-state index is 11.3. The molecule has 1 rings (SSSR count). The first-order chi connectivity index (χ1) is 7.50. The lowest BCUT2D eigenvalue weighted by Gasteiger charge is -2.25. The minimum absolute atomic E-state index is 0.431. The Labute approximate surface area is 100 Å². The van der Waals surface area contributed by atoms with E-state index < -0.39 is 11.5 Å². The zero-order chi connectivity index (χ0) is 12.2. The first kappa shape index (κ1) is 13.0. The maximum Gasteiger partial charge on any atom is 0.328 e. The summed E-state index contributed by atoms with van der Waals surface area (Å²) in [5, 5.41) is 9.80. The van der Waals surface area contributed by atoms with Crippen LogP contribution in [0, 0.1) is 0 Å². The van der Waals surface area contributed by atoms with Crippen LogP contribution in [0.1, 0.15) is 31.7 Å². The number of carboxylic acids is 1. The van der Waals surface area contributed by atoms with Crippen molar-refractivity contribution >= 4 is 17.6 Å². The maximum atomic E-state index is 11.3. The highest BCUT2D eigenvalue weighted by molar-refractivity contribution is 6.30. The molecule has 0 spiro atoms. The fourth-order valence-electron chi connectivity index (χ4n) is 1.58. The largest absolute Gasteiger partial charge is 0.480 e. The van der Waals surface area contributed by atoms with Gasteiger partial charge < -0.3 is 10.8 Å². The Balaban J connectivity index is 3.01. The lowest BCUT2D eigenvalue weighted by molar-refractivity contribution is -0.144. The third-order valence-electron chi connectivity index (χ3n) is 2.67. The van der Waals surface area contributed by atoms with E-state index in [-0.39, 0.29) is 0 Å². The van der Waals surface area contributed by atoms with Crippen LogP contribution >= 0.6 is 11.6 Å². The molecule has 88 valence electrons. The summed E-state index contributed by atoms with van der Waals surface area (Å²) in [6.07, 6.45) is 2.13. The molecule has 0 heterocycles. The van der Waals surface area contributed by atoms with E-state index in [2.05, 4.69) is 0 Å². The van der Waals surface area contributed by atoms with E-state index >= 15 is 0 Å². The van der Waals surface area contributed by atoms with Gasteiger partial charge in [-0.2, -0.15) is 0 Å². The van der Waals surface area contributed by atoms with E-state index in [1.807, 2.05) is 6.92 Å². The van der Waals surface area contributed by atoms with Crippen LogP contribution in [0.15, 0.2) is 24.3 Å². The van der Waals surface area contributed by atoms with Crippen molar-refractivity contribution in [1.82, 2.24) is 0 Å². The Morgan fingerprint density at radius 3 is 2.44 bits per heavy atom. The van der Waals surface area contributed by atoms with Crippen molar-refractivity contribution in [3.63, 3.8) is 0 Å². The van der Waals surface area contributed by atoms with Crippen LogP contribution in [-0.4, -0.2) is 11.1 Å². The van der Waals surface area contributed by atoms with Crippen LogP contribution in [0.5, 0.6) is 0 Å². The lowest BCUT2D eigenvalue weighted by atomic mass is 9.86. The summed E-state index contributed by atoms with van der Waals surface area (Å²) in [7, 11) is 0. The van der Waals surface area contributed by atoms with Crippen molar-refractivity contribution in [3.05, 3.63) is 34.9 Å². The van der Waals surface area contributed by atoms with Gasteiger partial charge in [0.1, 0.15) is 5.54 Å². The van der Waals surface area contributed by atoms with Crippen molar-refractivity contribution in [2.24, 2.45) is 5.73 Å². The number of rotatable bonds is 5. The van der Waals surface area contributed by atoms with Crippen molar-refractivity contribution in [2.45, 2.75) is 31.7 Å². The van der Waals surface area contributed by atoms with Gasteiger partial charge in [0.05, 0.1) is 0 Å². The smallest absolute Gasteiger partial charge is 0.328 e. The Morgan fingerprint density at radius 2 is 2.00 bits per heavy atom. The molecule has 0 aromatic heterocycles. The molecule has 0 amide bonds. The molecule has 0 aliphatic heterocycles. The zero-order valence-corrected chi connectivity index (χ0v) is 10.00. The van der Waals surface area contributed by atoms with E-state index in [0.717, 1.165) is 12.8 Å². The Hall–Kier alpha value is -1.06. The van der Waals surface area contributed by atoms with Gasteiger partial charge in [-0.25, -0.2) is 4.79 Å². The molecule has 0 aliphatic rings. The monoisotopic (exact) mass is 241 g/mol. The van der Waals surface area contributed by atoms with Gasteiger partial charge in [0.25, 0.3) is 0 Å². The molecule has 0 aliphatic carbocycles. The van der Waals surface area contributed by atoms with Crippen LogP contribution in [0.25, 0.3) is 0 Å². The molecule has 0 saturated heterocycles. The fourth-order valence-corrected chi connectivity index (χ4v) is 1.70. The molecule has 0 fully saturated rings. The second-order valence-electron chi connectivity index (χ2n) is 3.89. The highest BCUT2D eigenvalue weighted by Gasteiger charge is 2.35.